The van der Waals surface area contributed by atoms with Crippen LogP contribution >= 0.6 is 0 Å². The summed E-state index contributed by atoms with van der Waals surface area (Å²) in [5, 5.41) is 31.0. The fraction of sp³-hybridized carbons (Fsp3) is 0.200. The fourth-order valence-electron chi connectivity index (χ4n) is 4.19. The van der Waals surface area contributed by atoms with Crippen LogP contribution in [0, 0.1) is 41.5 Å². The highest BCUT2D eigenvalue weighted by Crippen LogP contribution is 2.44. The Labute approximate surface area is 206 Å². The van der Waals surface area contributed by atoms with Crippen LogP contribution < -0.4 is 9.64 Å². The van der Waals surface area contributed by atoms with E-state index in [2.05, 4.69) is 4.90 Å². The number of benzene rings is 4. The summed E-state index contributed by atoms with van der Waals surface area (Å²) < 4.78 is 6.17. The standard InChI is InChI=1S/C30H31NO4/c1-17-10-13-29(34)30(18(17)2)35-24-9-7-8-23(16-24)31(25-11-14-27(32)21(5)19(25)3)26-12-15-28(33)22(6)20(26)4/h7-16,32-34H,1-6H3. The van der Waals surface area contributed by atoms with Gasteiger partial charge in [0.1, 0.15) is 17.2 Å². The second-order valence-electron chi connectivity index (χ2n) is 9.00. The van der Waals surface area contributed by atoms with Crippen molar-refractivity contribution in [2.24, 2.45) is 0 Å². The maximum atomic E-state index is 10.4. The van der Waals surface area contributed by atoms with E-state index in [4.69, 9.17) is 4.74 Å². The molecule has 0 aliphatic heterocycles. The molecule has 0 saturated carbocycles. The normalized spacial score (nSPS) is 10.9. The molecule has 0 atom stereocenters. The van der Waals surface area contributed by atoms with Crippen molar-refractivity contribution >= 4 is 17.1 Å². The summed E-state index contributed by atoms with van der Waals surface area (Å²) >= 11 is 0. The van der Waals surface area contributed by atoms with Crippen molar-refractivity contribution in [2.75, 3.05) is 4.90 Å². The van der Waals surface area contributed by atoms with Gasteiger partial charge in [0.05, 0.1) is 0 Å². The van der Waals surface area contributed by atoms with Crippen LogP contribution in [0.25, 0.3) is 0 Å². The topological polar surface area (TPSA) is 73.2 Å². The molecule has 0 aliphatic carbocycles. The summed E-state index contributed by atoms with van der Waals surface area (Å²) in [6.07, 6.45) is 0. The zero-order valence-electron chi connectivity index (χ0n) is 21.0. The summed E-state index contributed by atoms with van der Waals surface area (Å²) in [7, 11) is 0. The van der Waals surface area contributed by atoms with Gasteiger partial charge in [-0.25, -0.2) is 0 Å². The van der Waals surface area contributed by atoms with Gasteiger partial charge in [-0.2, -0.15) is 0 Å². The van der Waals surface area contributed by atoms with Gasteiger partial charge in [0.15, 0.2) is 11.5 Å². The van der Waals surface area contributed by atoms with Crippen LogP contribution in [-0.2, 0) is 0 Å². The van der Waals surface area contributed by atoms with Gasteiger partial charge < -0.3 is 25.0 Å². The molecule has 0 saturated heterocycles. The Morgan fingerprint density at radius 3 is 1.69 bits per heavy atom. The SMILES string of the molecule is Cc1ccc(O)c(Oc2cccc(N(c3ccc(O)c(C)c3C)c3ccc(O)c(C)c3C)c2)c1C. The van der Waals surface area contributed by atoms with Crippen molar-refractivity contribution < 1.29 is 20.1 Å². The van der Waals surface area contributed by atoms with E-state index in [0.29, 0.717) is 11.5 Å². The van der Waals surface area contributed by atoms with Crippen LogP contribution in [0.2, 0.25) is 0 Å². The maximum Gasteiger partial charge on any atom is 0.172 e. The average Bonchev–Trinajstić information content (AvgIpc) is 2.84. The number of hydrogen-bond donors (Lipinski definition) is 3. The Bertz CT molecular complexity index is 1370. The van der Waals surface area contributed by atoms with E-state index in [-0.39, 0.29) is 17.2 Å². The van der Waals surface area contributed by atoms with Gasteiger partial charge in [-0.1, -0.05) is 12.1 Å². The highest BCUT2D eigenvalue weighted by atomic mass is 16.5. The van der Waals surface area contributed by atoms with E-state index in [1.807, 2.05) is 84.0 Å². The maximum absolute atomic E-state index is 10.4. The van der Waals surface area contributed by atoms with E-state index in [0.717, 1.165) is 50.4 Å². The van der Waals surface area contributed by atoms with Crippen molar-refractivity contribution in [1.29, 1.82) is 0 Å². The summed E-state index contributed by atoms with van der Waals surface area (Å²) in [5.41, 5.74) is 8.03. The Balaban J connectivity index is 1.90. The first-order chi connectivity index (χ1) is 16.6. The number of aryl methyl sites for hydroxylation is 1. The second-order valence-corrected chi connectivity index (χ2v) is 9.00. The molecular formula is C30H31NO4. The van der Waals surface area contributed by atoms with Crippen LogP contribution in [0.4, 0.5) is 17.1 Å². The van der Waals surface area contributed by atoms with E-state index in [9.17, 15) is 15.3 Å². The monoisotopic (exact) mass is 469 g/mol. The van der Waals surface area contributed by atoms with Gasteiger partial charge >= 0.3 is 0 Å². The van der Waals surface area contributed by atoms with Crippen molar-refractivity contribution in [3.8, 4) is 28.7 Å². The first kappa shape index (κ1) is 24.0. The molecule has 180 valence electrons. The van der Waals surface area contributed by atoms with Gasteiger partial charge in [0.25, 0.3) is 0 Å². The van der Waals surface area contributed by atoms with Crippen molar-refractivity contribution in [3.05, 3.63) is 94.0 Å². The van der Waals surface area contributed by atoms with Gasteiger partial charge in [-0.15, -0.1) is 0 Å². The van der Waals surface area contributed by atoms with Crippen LogP contribution in [0.5, 0.6) is 28.7 Å². The van der Waals surface area contributed by atoms with Gasteiger partial charge in [0, 0.05) is 23.1 Å². The summed E-state index contributed by atoms with van der Waals surface area (Å²) in [6, 6.07) is 18.3. The predicted molar refractivity (Wildman–Crippen MR) is 141 cm³/mol. The van der Waals surface area contributed by atoms with Gasteiger partial charge in [0.2, 0.25) is 0 Å². The minimum absolute atomic E-state index is 0.0883. The third kappa shape index (κ3) is 4.37. The van der Waals surface area contributed by atoms with E-state index >= 15 is 0 Å². The molecule has 5 nitrogen and oxygen atoms in total. The zero-order chi connectivity index (χ0) is 25.4. The molecule has 35 heavy (non-hydrogen) atoms. The highest BCUT2D eigenvalue weighted by Gasteiger charge is 2.21. The average molecular weight is 470 g/mol. The Morgan fingerprint density at radius 2 is 1.11 bits per heavy atom. The van der Waals surface area contributed by atoms with Crippen molar-refractivity contribution in [1.82, 2.24) is 0 Å². The fourth-order valence-corrected chi connectivity index (χ4v) is 4.19. The van der Waals surface area contributed by atoms with Crippen LogP contribution in [0.15, 0.2) is 60.7 Å². The molecule has 0 amide bonds. The molecule has 5 heteroatoms. The molecule has 0 aliphatic rings. The lowest BCUT2D eigenvalue weighted by molar-refractivity contribution is 0.408. The van der Waals surface area contributed by atoms with Gasteiger partial charge in [-0.3, -0.25) is 0 Å². The minimum atomic E-state index is 0.0883. The molecule has 0 bridgehead atoms. The number of ether oxygens (including phenoxy) is 1. The van der Waals surface area contributed by atoms with Crippen LogP contribution in [-0.4, -0.2) is 15.3 Å². The number of phenols is 3. The molecule has 0 unspecified atom stereocenters. The molecule has 0 heterocycles. The second kappa shape index (κ2) is 9.26. The molecule has 0 spiro atoms. The first-order valence-corrected chi connectivity index (χ1v) is 11.6. The number of aromatic hydroxyl groups is 3. The van der Waals surface area contributed by atoms with Gasteiger partial charge in [-0.05, 0) is 117 Å². The van der Waals surface area contributed by atoms with Crippen molar-refractivity contribution in [3.63, 3.8) is 0 Å². The van der Waals surface area contributed by atoms with E-state index in [1.54, 1.807) is 18.2 Å². The Kier molecular flexibility index (Phi) is 6.35. The molecule has 4 aromatic carbocycles. The minimum Gasteiger partial charge on any atom is -0.508 e. The van der Waals surface area contributed by atoms with Crippen molar-refractivity contribution in [2.45, 2.75) is 41.5 Å². The summed E-state index contributed by atoms with van der Waals surface area (Å²) in [6.45, 7) is 11.6. The molecule has 3 N–H and O–H groups in total. The Morgan fingerprint density at radius 1 is 0.571 bits per heavy atom. The summed E-state index contributed by atoms with van der Waals surface area (Å²) in [5.74, 6) is 1.59. The number of phenolic OH excluding ortho intramolecular Hbond substituents is 3. The third-order valence-electron chi connectivity index (χ3n) is 6.89. The molecule has 0 fully saturated rings. The summed E-state index contributed by atoms with van der Waals surface area (Å²) in [4.78, 5) is 2.10. The van der Waals surface area contributed by atoms with Crippen LogP contribution in [0.1, 0.15) is 33.4 Å². The largest absolute Gasteiger partial charge is 0.508 e. The third-order valence-corrected chi connectivity index (χ3v) is 6.89. The molecular weight excluding hydrogens is 438 g/mol. The lowest BCUT2D eigenvalue weighted by Gasteiger charge is -2.30. The predicted octanol–water partition coefficient (Wildman–Crippen LogP) is 7.92. The molecule has 4 rings (SSSR count). The smallest absolute Gasteiger partial charge is 0.172 e. The lowest BCUT2D eigenvalue weighted by Crippen LogP contribution is -2.13. The molecule has 0 aromatic heterocycles. The number of anilines is 3. The van der Waals surface area contributed by atoms with E-state index in [1.165, 1.54) is 0 Å². The number of rotatable bonds is 5. The molecule has 0 radical (unpaired) electrons. The zero-order valence-corrected chi connectivity index (χ0v) is 21.0. The first-order valence-electron chi connectivity index (χ1n) is 11.6. The van der Waals surface area contributed by atoms with Crippen LogP contribution in [0.3, 0.4) is 0 Å². The number of hydrogen-bond acceptors (Lipinski definition) is 5. The Hall–Kier alpha value is -4.12. The quantitative estimate of drug-likeness (QED) is 0.277. The molecule has 4 aromatic rings. The lowest BCUT2D eigenvalue weighted by atomic mass is 10.0. The number of nitrogens with zero attached hydrogens (tertiary/aromatic N) is 1. The van der Waals surface area contributed by atoms with E-state index < -0.39 is 0 Å². The highest BCUT2D eigenvalue weighted by molar-refractivity contribution is 5.82.